The van der Waals surface area contributed by atoms with Crippen molar-refractivity contribution >= 4 is 26.8 Å². The van der Waals surface area contributed by atoms with E-state index < -0.39 is 32.4 Å². The summed E-state index contributed by atoms with van der Waals surface area (Å²) in [5.41, 5.74) is 2.81. The zero-order valence-corrected chi connectivity index (χ0v) is 18.2. The van der Waals surface area contributed by atoms with Gasteiger partial charge < -0.3 is 4.90 Å². The molecule has 6 nitrogen and oxygen atoms in total. The second-order valence-electron chi connectivity index (χ2n) is 7.70. The van der Waals surface area contributed by atoms with Crippen LogP contribution in [0.25, 0.3) is 10.9 Å². The van der Waals surface area contributed by atoms with Crippen molar-refractivity contribution < 1.29 is 26.4 Å². The quantitative estimate of drug-likeness (QED) is 0.558. The summed E-state index contributed by atoms with van der Waals surface area (Å²) in [6.45, 7) is 3.63. The molecule has 3 aromatic rings. The third-order valence-electron chi connectivity index (χ3n) is 5.47. The van der Waals surface area contributed by atoms with E-state index in [1.807, 2.05) is 25.1 Å². The van der Waals surface area contributed by atoms with Crippen LogP contribution in [0.4, 0.5) is 13.2 Å². The minimum atomic E-state index is -4.39. The van der Waals surface area contributed by atoms with Crippen LogP contribution in [-0.2, 0) is 10.0 Å². The topological polar surface area (TPSA) is 70.6 Å². The maximum absolute atomic E-state index is 14.1. The summed E-state index contributed by atoms with van der Waals surface area (Å²) in [6.07, 6.45) is 0. The predicted octanol–water partition coefficient (Wildman–Crippen LogP) is 3.42. The van der Waals surface area contributed by atoms with Gasteiger partial charge in [-0.1, -0.05) is 11.6 Å². The average molecular weight is 463 g/mol. The number of carbonyl (C=O) groups is 1. The summed E-state index contributed by atoms with van der Waals surface area (Å²) < 4.78 is 67.3. The number of benzene rings is 2. The molecule has 32 heavy (non-hydrogen) atoms. The van der Waals surface area contributed by atoms with E-state index in [-0.39, 0.29) is 32.1 Å². The Morgan fingerprint density at radius 2 is 1.62 bits per heavy atom. The van der Waals surface area contributed by atoms with Gasteiger partial charge in [0.15, 0.2) is 17.5 Å². The van der Waals surface area contributed by atoms with Crippen LogP contribution in [0.1, 0.15) is 21.6 Å². The van der Waals surface area contributed by atoms with Crippen LogP contribution in [-0.4, -0.2) is 54.7 Å². The maximum atomic E-state index is 14.1. The molecule has 0 unspecified atom stereocenters. The molecule has 168 valence electrons. The Morgan fingerprint density at radius 1 is 0.938 bits per heavy atom. The molecule has 1 fully saturated rings. The van der Waals surface area contributed by atoms with Gasteiger partial charge >= 0.3 is 0 Å². The molecule has 0 radical (unpaired) electrons. The molecule has 0 bridgehead atoms. The zero-order chi connectivity index (χ0) is 23.2. The predicted molar refractivity (Wildman–Crippen MR) is 112 cm³/mol. The van der Waals surface area contributed by atoms with Gasteiger partial charge in [0.25, 0.3) is 5.91 Å². The number of aromatic nitrogens is 1. The van der Waals surface area contributed by atoms with Gasteiger partial charge in [0.2, 0.25) is 10.0 Å². The molecular weight excluding hydrogens is 443 g/mol. The Morgan fingerprint density at radius 3 is 2.31 bits per heavy atom. The molecule has 0 N–H and O–H groups in total. The lowest BCUT2D eigenvalue weighted by Gasteiger charge is -2.34. The van der Waals surface area contributed by atoms with Crippen LogP contribution in [0.2, 0.25) is 0 Å². The molecular formula is C22H20F3N3O3S. The number of carbonyl (C=O) groups excluding carboxylic acids is 1. The number of hydrogen-bond acceptors (Lipinski definition) is 4. The fraction of sp³-hybridized carbons (Fsp3) is 0.273. The van der Waals surface area contributed by atoms with E-state index in [2.05, 4.69) is 4.98 Å². The number of hydrogen-bond donors (Lipinski definition) is 0. The minimum absolute atomic E-state index is 0.0675. The molecule has 10 heteroatoms. The first-order chi connectivity index (χ1) is 15.1. The van der Waals surface area contributed by atoms with Gasteiger partial charge in [-0.2, -0.15) is 4.31 Å². The minimum Gasteiger partial charge on any atom is -0.336 e. The summed E-state index contributed by atoms with van der Waals surface area (Å²) in [5.74, 6) is -5.32. The summed E-state index contributed by atoms with van der Waals surface area (Å²) in [7, 11) is -4.39. The largest absolute Gasteiger partial charge is 0.336 e. The third-order valence-corrected chi connectivity index (χ3v) is 7.38. The van der Waals surface area contributed by atoms with Crippen molar-refractivity contribution in [3.8, 4) is 0 Å². The molecule has 2 heterocycles. The lowest BCUT2D eigenvalue weighted by atomic mass is 10.0. The Labute approximate surface area is 183 Å². The highest BCUT2D eigenvalue weighted by atomic mass is 32.2. The maximum Gasteiger partial charge on any atom is 0.254 e. The normalized spacial score (nSPS) is 15.3. The van der Waals surface area contributed by atoms with E-state index in [1.165, 1.54) is 4.90 Å². The van der Waals surface area contributed by atoms with E-state index in [0.29, 0.717) is 34.3 Å². The Bertz CT molecular complexity index is 1340. The fourth-order valence-corrected chi connectivity index (χ4v) is 5.28. The van der Waals surface area contributed by atoms with Gasteiger partial charge in [-0.05, 0) is 44.2 Å². The third kappa shape index (κ3) is 3.84. The summed E-state index contributed by atoms with van der Waals surface area (Å²) in [6, 6.07) is 8.60. The number of sulfonamides is 1. The van der Waals surface area contributed by atoms with E-state index in [1.54, 1.807) is 13.0 Å². The highest BCUT2D eigenvalue weighted by Crippen LogP contribution is 2.26. The first-order valence-corrected chi connectivity index (χ1v) is 11.3. The van der Waals surface area contributed by atoms with E-state index >= 15 is 0 Å². The summed E-state index contributed by atoms with van der Waals surface area (Å²) >= 11 is 0. The van der Waals surface area contributed by atoms with E-state index in [9.17, 15) is 26.4 Å². The van der Waals surface area contributed by atoms with Crippen molar-refractivity contribution in [1.82, 2.24) is 14.2 Å². The number of amides is 1. The standard InChI is InChI=1S/C22H20F3N3O3S/c1-13-3-5-18-15(11-13)16(12-14(2)26-18)22(29)27-7-9-28(10-8-27)32(30,31)19-6-4-17(23)20(24)21(19)25/h3-6,11-12H,7-10H2,1-2H3. The van der Waals surface area contributed by atoms with Crippen molar-refractivity contribution in [3.63, 3.8) is 0 Å². The van der Waals surface area contributed by atoms with Gasteiger partial charge in [-0.15, -0.1) is 0 Å². The van der Waals surface area contributed by atoms with Crippen LogP contribution in [0.5, 0.6) is 0 Å². The van der Waals surface area contributed by atoms with Crippen molar-refractivity contribution in [2.24, 2.45) is 0 Å². The molecule has 0 saturated carbocycles. The number of nitrogens with zero attached hydrogens (tertiary/aromatic N) is 3. The monoisotopic (exact) mass is 463 g/mol. The van der Waals surface area contributed by atoms with Crippen molar-refractivity contribution in [3.05, 3.63) is 70.7 Å². The van der Waals surface area contributed by atoms with Gasteiger partial charge in [-0.3, -0.25) is 9.78 Å². The average Bonchev–Trinajstić information content (AvgIpc) is 2.76. The van der Waals surface area contributed by atoms with Crippen molar-refractivity contribution in [2.45, 2.75) is 18.7 Å². The van der Waals surface area contributed by atoms with Crippen molar-refractivity contribution in [1.29, 1.82) is 0 Å². The van der Waals surface area contributed by atoms with E-state index in [0.717, 1.165) is 9.87 Å². The molecule has 0 atom stereocenters. The molecule has 4 rings (SSSR count). The second kappa shape index (κ2) is 8.18. The lowest BCUT2D eigenvalue weighted by Crippen LogP contribution is -2.50. The van der Waals surface area contributed by atoms with Gasteiger partial charge in [0.05, 0.1) is 11.1 Å². The molecule has 1 amide bonds. The lowest BCUT2D eigenvalue weighted by molar-refractivity contribution is 0.0699. The van der Waals surface area contributed by atoms with Crippen LogP contribution in [0.15, 0.2) is 41.3 Å². The van der Waals surface area contributed by atoms with E-state index in [4.69, 9.17) is 0 Å². The van der Waals surface area contributed by atoms with Crippen molar-refractivity contribution in [2.75, 3.05) is 26.2 Å². The zero-order valence-electron chi connectivity index (χ0n) is 17.4. The van der Waals surface area contributed by atoms with Crippen LogP contribution < -0.4 is 0 Å². The van der Waals surface area contributed by atoms with Gasteiger partial charge in [0, 0.05) is 37.3 Å². The first-order valence-electron chi connectivity index (χ1n) is 9.90. The Kier molecular flexibility index (Phi) is 5.68. The smallest absolute Gasteiger partial charge is 0.254 e. The number of aryl methyl sites for hydroxylation is 2. The highest BCUT2D eigenvalue weighted by Gasteiger charge is 2.34. The van der Waals surface area contributed by atoms with Crippen LogP contribution >= 0.6 is 0 Å². The Balaban J connectivity index is 1.57. The number of rotatable bonds is 3. The molecule has 1 saturated heterocycles. The molecule has 1 aliphatic heterocycles. The SMILES string of the molecule is Cc1ccc2nc(C)cc(C(=O)N3CCN(S(=O)(=O)c4ccc(F)c(F)c4F)CC3)c2c1. The summed E-state index contributed by atoms with van der Waals surface area (Å²) in [5, 5.41) is 0.708. The molecule has 1 aromatic heterocycles. The summed E-state index contributed by atoms with van der Waals surface area (Å²) in [4.78, 5) is 18.3. The van der Waals surface area contributed by atoms with Crippen LogP contribution in [0.3, 0.4) is 0 Å². The van der Waals surface area contributed by atoms with Gasteiger partial charge in [0.1, 0.15) is 4.90 Å². The fourth-order valence-electron chi connectivity index (χ4n) is 3.80. The van der Waals surface area contributed by atoms with Crippen LogP contribution in [0, 0.1) is 31.3 Å². The number of halogens is 3. The number of piperazine rings is 1. The molecule has 1 aliphatic rings. The highest BCUT2D eigenvalue weighted by molar-refractivity contribution is 7.89. The second-order valence-corrected chi connectivity index (χ2v) is 9.61. The number of pyridine rings is 1. The molecule has 0 aliphatic carbocycles. The first kappa shape index (κ1) is 22.2. The van der Waals surface area contributed by atoms with Gasteiger partial charge in [-0.25, -0.2) is 21.6 Å². The molecule has 2 aromatic carbocycles. The number of fused-ring (bicyclic) bond motifs is 1. The molecule has 0 spiro atoms. The Hall–Kier alpha value is -2.98.